The summed E-state index contributed by atoms with van der Waals surface area (Å²) in [4.78, 5) is 24.8. The van der Waals surface area contributed by atoms with Gasteiger partial charge in [0.2, 0.25) is 0 Å². The maximum Gasteiger partial charge on any atom is 0.326 e. The Balaban J connectivity index is 2.07. The van der Waals surface area contributed by atoms with Crippen LogP contribution in [0.15, 0.2) is 18.2 Å². The highest BCUT2D eigenvalue weighted by molar-refractivity contribution is 6.35. The van der Waals surface area contributed by atoms with Crippen LogP contribution in [0.1, 0.15) is 19.8 Å². The molecule has 1 aliphatic heterocycles. The number of carbonyl (C=O) groups excluding carboxylic acids is 1. The minimum atomic E-state index is -0.988. The van der Waals surface area contributed by atoms with Gasteiger partial charge >= 0.3 is 5.97 Å². The van der Waals surface area contributed by atoms with Crippen LogP contribution in [0.25, 0.3) is 0 Å². The van der Waals surface area contributed by atoms with E-state index in [1.54, 1.807) is 19.1 Å². The van der Waals surface area contributed by atoms with Crippen molar-refractivity contribution in [3.05, 3.63) is 28.2 Å². The highest BCUT2D eigenvalue weighted by Crippen LogP contribution is 2.29. The van der Waals surface area contributed by atoms with Crippen molar-refractivity contribution in [2.24, 2.45) is 0 Å². The van der Waals surface area contributed by atoms with E-state index in [0.29, 0.717) is 35.2 Å². The van der Waals surface area contributed by atoms with Crippen LogP contribution in [0.4, 0.5) is 0 Å². The van der Waals surface area contributed by atoms with E-state index in [2.05, 4.69) is 0 Å². The predicted molar refractivity (Wildman–Crippen MR) is 78.9 cm³/mol. The Morgan fingerprint density at radius 3 is 2.76 bits per heavy atom. The highest BCUT2D eigenvalue weighted by atomic mass is 35.5. The zero-order valence-electron chi connectivity index (χ0n) is 11.4. The lowest BCUT2D eigenvalue weighted by atomic mass is 10.2. The van der Waals surface area contributed by atoms with E-state index in [1.807, 2.05) is 0 Å². The lowest BCUT2D eigenvalue weighted by Crippen LogP contribution is -2.46. The van der Waals surface area contributed by atoms with Crippen molar-refractivity contribution in [3.8, 4) is 5.75 Å². The van der Waals surface area contributed by atoms with Gasteiger partial charge in [-0.2, -0.15) is 0 Å². The monoisotopic (exact) mass is 331 g/mol. The number of rotatable bonds is 4. The Hall–Kier alpha value is -1.46. The van der Waals surface area contributed by atoms with E-state index in [9.17, 15) is 9.59 Å². The van der Waals surface area contributed by atoms with E-state index in [0.717, 1.165) is 0 Å². The van der Waals surface area contributed by atoms with Gasteiger partial charge in [0.25, 0.3) is 5.91 Å². The lowest BCUT2D eigenvalue weighted by molar-refractivity contribution is -0.150. The van der Waals surface area contributed by atoms with Gasteiger partial charge in [0, 0.05) is 11.6 Å². The molecule has 1 heterocycles. The fraction of sp³-hybridized carbons (Fsp3) is 0.429. The van der Waals surface area contributed by atoms with Crippen LogP contribution in [0, 0.1) is 0 Å². The Morgan fingerprint density at radius 1 is 1.43 bits per heavy atom. The van der Waals surface area contributed by atoms with Gasteiger partial charge in [-0.3, -0.25) is 4.79 Å². The van der Waals surface area contributed by atoms with Crippen molar-refractivity contribution in [3.63, 3.8) is 0 Å². The summed E-state index contributed by atoms with van der Waals surface area (Å²) < 4.78 is 5.53. The summed E-state index contributed by atoms with van der Waals surface area (Å²) in [6.07, 6.45) is 0.329. The molecule has 1 unspecified atom stereocenters. The standard InChI is InChI=1S/C14H15Cl2NO4/c1-8(21-12-5-4-9(15)7-10(12)16)13(18)17-6-2-3-11(17)14(19)20/h4-5,7-8,11H,2-3,6H2,1H3,(H,19,20)/t8?,11-/m0/s1. The van der Waals surface area contributed by atoms with E-state index < -0.39 is 18.1 Å². The van der Waals surface area contributed by atoms with E-state index in [1.165, 1.54) is 11.0 Å². The third kappa shape index (κ3) is 3.60. The first-order chi connectivity index (χ1) is 9.90. The first-order valence-electron chi connectivity index (χ1n) is 6.55. The zero-order chi connectivity index (χ0) is 15.6. The average molecular weight is 332 g/mol. The third-order valence-corrected chi connectivity index (χ3v) is 3.90. The second-order valence-corrected chi connectivity index (χ2v) is 5.71. The average Bonchev–Trinajstić information content (AvgIpc) is 2.90. The predicted octanol–water partition coefficient (Wildman–Crippen LogP) is 2.84. The first kappa shape index (κ1) is 15.9. The highest BCUT2D eigenvalue weighted by Gasteiger charge is 2.36. The van der Waals surface area contributed by atoms with Crippen LogP contribution < -0.4 is 4.74 Å². The third-order valence-electron chi connectivity index (χ3n) is 3.37. The van der Waals surface area contributed by atoms with Crippen molar-refractivity contribution < 1.29 is 19.4 Å². The van der Waals surface area contributed by atoms with Crippen LogP contribution in [-0.4, -0.2) is 40.6 Å². The summed E-state index contributed by atoms with van der Waals surface area (Å²) >= 11 is 11.8. The number of benzene rings is 1. The molecule has 2 atom stereocenters. The minimum absolute atomic E-state index is 0.304. The molecule has 1 amide bonds. The number of carboxylic acids is 1. The van der Waals surface area contributed by atoms with Crippen LogP contribution in [-0.2, 0) is 9.59 Å². The smallest absolute Gasteiger partial charge is 0.326 e. The van der Waals surface area contributed by atoms with Crippen molar-refractivity contribution >= 4 is 35.1 Å². The van der Waals surface area contributed by atoms with Gasteiger partial charge in [0.15, 0.2) is 6.10 Å². The number of ether oxygens (including phenoxy) is 1. The molecule has 0 aromatic heterocycles. The van der Waals surface area contributed by atoms with Crippen LogP contribution in [0.2, 0.25) is 10.0 Å². The number of carbonyl (C=O) groups is 2. The van der Waals surface area contributed by atoms with Crippen molar-refractivity contribution in [2.45, 2.75) is 31.9 Å². The number of hydrogen-bond donors (Lipinski definition) is 1. The molecular weight excluding hydrogens is 317 g/mol. The molecule has 0 radical (unpaired) electrons. The molecule has 0 saturated carbocycles. The van der Waals surface area contributed by atoms with Gasteiger partial charge < -0.3 is 14.7 Å². The van der Waals surface area contributed by atoms with Crippen LogP contribution in [0.3, 0.4) is 0 Å². The summed E-state index contributed by atoms with van der Waals surface area (Å²) in [6, 6.07) is 3.93. The Morgan fingerprint density at radius 2 is 2.14 bits per heavy atom. The first-order valence-corrected chi connectivity index (χ1v) is 7.30. The summed E-state index contributed by atoms with van der Waals surface area (Å²) in [7, 11) is 0. The quantitative estimate of drug-likeness (QED) is 0.921. The maximum atomic E-state index is 12.3. The van der Waals surface area contributed by atoms with Crippen LogP contribution >= 0.6 is 23.2 Å². The minimum Gasteiger partial charge on any atom is -0.480 e. The van der Waals surface area contributed by atoms with E-state index in [-0.39, 0.29) is 5.91 Å². The van der Waals surface area contributed by atoms with Gasteiger partial charge in [-0.1, -0.05) is 23.2 Å². The molecule has 5 nitrogen and oxygen atoms in total. The molecule has 1 aromatic carbocycles. The second-order valence-electron chi connectivity index (χ2n) is 4.86. The zero-order valence-corrected chi connectivity index (χ0v) is 12.9. The molecule has 1 N–H and O–H groups in total. The van der Waals surface area contributed by atoms with E-state index >= 15 is 0 Å². The number of aliphatic carboxylic acids is 1. The molecule has 0 bridgehead atoms. The molecule has 0 aliphatic carbocycles. The van der Waals surface area contributed by atoms with Gasteiger partial charge in [-0.15, -0.1) is 0 Å². The Bertz CT molecular complexity index is 564. The number of hydrogen-bond acceptors (Lipinski definition) is 3. The normalized spacial score (nSPS) is 19.4. The lowest BCUT2D eigenvalue weighted by Gasteiger charge is -2.25. The summed E-state index contributed by atoms with van der Waals surface area (Å²) in [6.45, 7) is 2.00. The van der Waals surface area contributed by atoms with Gasteiger partial charge in [-0.25, -0.2) is 4.79 Å². The van der Waals surface area contributed by atoms with Gasteiger partial charge in [-0.05, 0) is 38.0 Å². The molecule has 1 saturated heterocycles. The molecule has 2 rings (SSSR count). The molecule has 1 aromatic rings. The fourth-order valence-corrected chi connectivity index (χ4v) is 2.79. The topological polar surface area (TPSA) is 66.8 Å². The maximum absolute atomic E-state index is 12.3. The van der Waals surface area contributed by atoms with Crippen molar-refractivity contribution in [1.82, 2.24) is 4.90 Å². The summed E-state index contributed by atoms with van der Waals surface area (Å²) in [5.41, 5.74) is 0. The number of likely N-dealkylation sites (tertiary alicyclic amines) is 1. The largest absolute Gasteiger partial charge is 0.480 e. The molecule has 1 fully saturated rings. The number of nitrogens with zero attached hydrogens (tertiary/aromatic N) is 1. The number of carboxylic acid groups (broad SMARTS) is 1. The fourth-order valence-electron chi connectivity index (χ4n) is 2.33. The summed E-state index contributed by atoms with van der Waals surface area (Å²) in [5, 5.41) is 9.88. The Labute approximate surface area is 132 Å². The molecule has 7 heteroatoms. The molecule has 0 spiro atoms. The Kier molecular flexibility index (Phi) is 4.96. The summed E-state index contributed by atoms with van der Waals surface area (Å²) in [5.74, 6) is -1.00. The SMILES string of the molecule is CC(Oc1ccc(Cl)cc1Cl)C(=O)N1CCC[C@H]1C(=O)O. The van der Waals surface area contributed by atoms with Gasteiger partial charge in [0.05, 0.1) is 5.02 Å². The van der Waals surface area contributed by atoms with Crippen LogP contribution in [0.5, 0.6) is 5.75 Å². The second kappa shape index (κ2) is 6.54. The van der Waals surface area contributed by atoms with Gasteiger partial charge in [0.1, 0.15) is 11.8 Å². The molecule has 114 valence electrons. The number of amides is 1. The van der Waals surface area contributed by atoms with Crippen molar-refractivity contribution in [1.29, 1.82) is 0 Å². The van der Waals surface area contributed by atoms with Crippen molar-refractivity contribution in [2.75, 3.05) is 6.54 Å². The molecular formula is C14H15Cl2NO4. The molecule has 1 aliphatic rings. The van der Waals surface area contributed by atoms with E-state index in [4.69, 9.17) is 33.0 Å². The number of halogens is 2. The molecule has 21 heavy (non-hydrogen) atoms.